The second-order valence-electron chi connectivity index (χ2n) is 13.4. The maximum Gasteiger partial charge on any atom is 0.238 e. The Kier molecular flexibility index (Phi) is 8.09. The highest BCUT2D eigenvalue weighted by Crippen LogP contribution is 2.64. The van der Waals surface area contributed by atoms with Gasteiger partial charge in [-0.05, 0) is 107 Å². The van der Waals surface area contributed by atoms with Crippen LogP contribution in [0.25, 0.3) is 5.57 Å². The number of allylic oxidation sites excluding steroid dienone is 4. The summed E-state index contributed by atoms with van der Waals surface area (Å²) in [6.45, 7) is 2.14. The van der Waals surface area contributed by atoms with Crippen molar-refractivity contribution in [3.8, 4) is 11.5 Å². The highest BCUT2D eigenvalue weighted by molar-refractivity contribution is 14.1. The Bertz CT molecular complexity index is 2110. The number of phenolic OH excluding ortho intramolecular Hbond substituents is 1. The number of imide groups is 1. The number of amides is 2. The number of anilines is 1. The van der Waals surface area contributed by atoms with E-state index in [0.29, 0.717) is 41.0 Å². The lowest BCUT2D eigenvalue weighted by Crippen LogP contribution is -2.58. The average molecular weight is 776 g/mol. The second kappa shape index (κ2) is 12.5. The molecule has 0 spiro atoms. The van der Waals surface area contributed by atoms with Crippen molar-refractivity contribution in [1.82, 2.24) is 0 Å². The molecule has 4 aromatic rings. The lowest BCUT2D eigenvalue weighted by Gasteiger charge is -2.55. The highest BCUT2D eigenvalue weighted by Gasteiger charge is 2.66. The normalized spacial score (nSPS) is 27.2. The minimum absolute atomic E-state index is 0.0343. The first-order valence-corrected chi connectivity index (χ1v) is 18.0. The van der Waals surface area contributed by atoms with Crippen LogP contribution in [0, 0.1) is 27.2 Å². The number of hydrogen-bond acceptors (Lipinski definition) is 6. The van der Waals surface area contributed by atoms with E-state index in [1.54, 1.807) is 30.3 Å². The van der Waals surface area contributed by atoms with Gasteiger partial charge in [-0.3, -0.25) is 24.1 Å². The molecule has 3 aliphatic carbocycles. The first-order valence-electron chi connectivity index (χ1n) is 17.0. The van der Waals surface area contributed by atoms with Crippen molar-refractivity contribution in [3.63, 3.8) is 0 Å². The minimum Gasteiger partial charge on any atom is -0.504 e. The van der Waals surface area contributed by atoms with Crippen LogP contribution in [0.3, 0.4) is 0 Å². The van der Waals surface area contributed by atoms with E-state index in [9.17, 15) is 14.7 Å². The molecule has 2 amide bonds. The predicted molar refractivity (Wildman–Crippen MR) is 197 cm³/mol. The number of phenols is 1. The van der Waals surface area contributed by atoms with E-state index in [0.717, 1.165) is 9.14 Å². The van der Waals surface area contributed by atoms with E-state index in [1.165, 1.54) is 11.0 Å². The molecule has 0 aromatic heterocycles. The first-order chi connectivity index (χ1) is 24.2. The number of hydrogen-bond donors (Lipinski definition) is 1. The van der Waals surface area contributed by atoms with E-state index in [1.807, 2.05) is 85.8 Å². The fourth-order valence-corrected chi connectivity index (χ4v) is 9.43. The van der Waals surface area contributed by atoms with Crippen molar-refractivity contribution in [2.24, 2.45) is 23.7 Å². The number of rotatable bonds is 6. The lowest BCUT2D eigenvalue weighted by atomic mass is 9.44. The Morgan fingerprint density at radius 2 is 1.56 bits per heavy atom. The van der Waals surface area contributed by atoms with Crippen LogP contribution in [-0.2, 0) is 24.6 Å². The number of carbonyl (C=O) groups is 4. The van der Waals surface area contributed by atoms with Crippen LogP contribution in [-0.4, -0.2) is 35.1 Å². The van der Waals surface area contributed by atoms with Gasteiger partial charge in [-0.15, -0.1) is 0 Å². The fourth-order valence-electron chi connectivity index (χ4n) is 9.08. The van der Waals surface area contributed by atoms with Gasteiger partial charge in [-0.25, -0.2) is 0 Å². The van der Waals surface area contributed by atoms with Crippen molar-refractivity contribution >= 4 is 57.2 Å². The number of carbonyl (C=O) groups excluding carboxylic acids is 4. The molecular formula is C42H34INO6. The van der Waals surface area contributed by atoms with E-state index >= 15 is 9.59 Å². The van der Waals surface area contributed by atoms with Gasteiger partial charge in [-0.1, -0.05) is 78.4 Å². The quantitative estimate of drug-likeness (QED) is 0.124. The Hall–Kier alpha value is -4.83. The molecule has 250 valence electrons. The van der Waals surface area contributed by atoms with Gasteiger partial charge in [0.1, 0.15) is 0 Å². The largest absolute Gasteiger partial charge is 0.504 e. The summed E-state index contributed by atoms with van der Waals surface area (Å²) in [5.41, 5.74) is 2.45. The molecule has 8 rings (SSSR count). The predicted octanol–water partition coefficient (Wildman–Crippen LogP) is 7.42. The number of benzene rings is 4. The number of fused-ring (bicyclic) bond motifs is 4. The zero-order valence-electron chi connectivity index (χ0n) is 27.3. The third kappa shape index (κ3) is 4.82. The zero-order chi connectivity index (χ0) is 34.7. The molecule has 1 saturated carbocycles. The number of aromatic hydroxyl groups is 1. The Balaban J connectivity index is 1.36. The van der Waals surface area contributed by atoms with E-state index in [2.05, 4.69) is 22.6 Å². The summed E-state index contributed by atoms with van der Waals surface area (Å²) in [5.74, 6) is -3.95. The summed E-state index contributed by atoms with van der Waals surface area (Å²) < 4.78 is 6.82. The summed E-state index contributed by atoms with van der Waals surface area (Å²) in [7, 11) is 0. The summed E-state index contributed by atoms with van der Waals surface area (Å²) in [6, 6.07) is 31.1. The Morgan fingerprint density at radius 3 is 2.26 bits per heavy atom. The monoisotopic (exact) mass is 775 g/mol. The highest BCUT2D eigenvalue weighted by atomic mass is 127. The molecule has 0 radical (unpaired) electrons. The van der Waals surface area contributed by atoms with Gasteiger partial charge < -0.3 is 9.84 Å². The molecule has 6 atom stereocenters. The number of ketones is 2. The fraction of sp³-hybridized carbons (Fsp3) is 0.238. The van der Waals surface area contributed by atoms with Crippen molar-refractivity contribution in [2.45, 2.75) is 31.1 Å². The van der Waals surface area contributed by atoms with E-state index < -0.39 is 35.0 Å². The third-order valence-corrected chi connectivity index (χ3v) is 11.8. The summed E-state index contributed by atoms with van der Waals surface area (Å²) in [5, 5.41) is 10.7. The second-order valence-corrected chi connectivity index (χ2v) is 14.7. The minimum atomic E-state index is -1.35. The van der Waals surface area contributed by atoms with Crippen molar-refractivity contribution in [1.29, 1.82) is 0 Å². The average Bonchev–Trinajstić information content (AvgIpc) is 3.40. The number of halogens is 1. The van der Waals surface area contributed by atoms with Crippen LogP contribution < -0.4 is 9.64 Å². The van der Waals surface area contributed by atoms with Crippen LogP contribution in [0.2, 0.25) is 0 Å². The molecule has 50 heavy (non-hydrogen) atoms. The Labute approximate surface area is 303 Å². The molecular weight excluding hydrogens is 741 g/mol. The summed E-state index contributed by atoms with van der Waals surface area (Å²) >= 11 is 2.19. The molecule has 4 aromatic carbocycles. The molecule has 2 fully saturated rings. The molecule has 1 N–H and O–H groups in total. The first kappa shape index (κ1) is 32.4. The maximum absolute atomic E-state index is 15.2. The standard InChI is InChI=1S/C42H34INO6/c1-2-50-35-21-25(13-20-34(35)45)38-29-18-19-30-37(41(49)44(40(30)48)28-16-14-27(43)15-17-28)32(29)22-33-39(47)31(24-9-5-3-6-10-24)23-36(46)42(33,38)26-11-7-4-8-12-26/h3-18,20-21,23,30,32-33,37-38,45H,2,19,22H2,1H3. The zero-order valence-corrected chi connectivity index (χ0v) is 29.4. The van der Waals surface area contributed by atoms with Crippen molar-refractivity contribution in [3.05, 3.63) is 141 Å². The van der Waals surface area contributed by atoms with Gasteiger partial charge in [0.15, 0.2) is 23.1 Å². The molecule has 1 aliphatic heterocycles. The lowest BCUT2D eigenvalue weighted by molar-refractivity contribution is -0.135. The number of Topliss-reactive ketones (excluding diaryl/α,β-unsaturated/α-hetero) is 1. The molecule has 0 bridgehead atoms. The van der Waals surface area contributed by atoms with Gasteiger partial charge in [0, 0.05) is 21.0 Å². The van der Waals surface area contributed by atoms with Gasteiger partial charge in [0.25, 0.3) is 0 Å². The summed E-state index contributed by atoms with van der Waals surface area (Å²) in [6.07, 6.45) is 4.11. The summed E-state index contributed by atoms with van der Waals surface area (Å²) in [4.78, 5) is 60.1. The third-order valence-electron chi connectivity index (χ3n) is 11.1. The van der Waals surface area contributed by atoms with Crippen LogP contribution in [0.15, 0.2) is 121 Å². The Morgan fingerprint density at radius 1 is 0.860 bits per heavy atom. The van der Waals surface area contributed by atoms with Gasteiger partial charge in [0.2, 0.25) is 11.8 Å². The van der Waals surface area contributed by atoms with Crippen LogP contribution in [0.5, 0.6) is 11.5 Å². The van der Waals surface area contributed by atoms with Gasteiger partial charge >= 0.3 is 0 Å². The molecule has 6 unspecified atom stereocenters. The van der Waals surface area contributed by atoms with Crippen LogP contribution in [0.1, 0.15) is 42.4 Å². The van der Waals surface area contributed by atoms with Gasteiger partial charge in [-0.2, -0.15) is 0 Å². The van der Waals surface area contributed by atoms with Crippen LogP contribution >= 0.6 is 22.6 Å². The number of ether oxygens (including phenoxy) is 1. The van der Waals surface area contributed by atoms with Crippen molar-refractivity contribution in [2.75, 3.05) is 11.5 Å². The number of nitrogens with zero attached hydrogens (tertiary/aromatic N) is 1. The van der Waals surface area contributed by atoms with E-state index in [-0.39, 0.29) is 41.3 Å². The topological polar surface area (TPSA) is 101 Å². The van der Waals surface area contributed by atoms with Crippen molar-refractivity contribution < 1.29 is 29.0 Å². The smallest absolute Gasteiger partial charge is 0.238 e. The molecule has 7 nitrogen and oxygen atoms in total. The van der Waals surface area contributed by atoms with Gasteiger partial charge in [0.05, 0.1) is 29.5 Å². The molecule has 4 aliphatic rings. The van der Waals surface area contributed by atoms with Crippen LogP contribution in [0.4, 0.5) is 5.69 Å². The SMILES string of the molecule is CCOc1cc(C2C3=CCC4C(=O)N(c5ccc(I)cc5)C(=O)C4C3CC3C(=O)C(c4ccccc4)=CC(=O)C32c2ccccc2)ccc1O. The molecule has 8 heteroatoms. The maximum atomic E-state index is 15.2. The molecule has 1 heterocycles. The molecule has 1 saturated heterocycles. The van der Waals surface area contributed by atoms with E-state index in [4.69, 9.17) is 4.74 Å².